The Bertz CT molecular complexity index is 351. The number of hydrogen-bond acceptors (Lipinski definition) is 3. The molecule has 2 N–H and O–H groups in total. The number of nitrogen functional groups attached to an aromatic ring is 1. The first-order chi connectivity index (χ1) is 4.88. The van der Waals surface area contributed by atoms with Crippen LogP contribution in [0, 0.1) is 0 Å². The quantitative estimate of drug-likeness (QED) is 0.521. The molecule has 50 valence electrons. The van der Waals surface area contributed by atoms with Gasteiger partial charge in [0.2, 0.25) is 0 Å². The Kier molecular flexibility index (Phi) is 0.887. The van der Waals surface area contributed by atoms with Gasteiger partial charge in [-0.05, 0) is 12.1 Å². The number of hydrogen-bond donors (Lipinski definition) is 1. The van der Waals surface area contributed by atoms with Crippen LogP contribution in [0.3, 0.4) is 0 Å². The zero-order valence-corrected chi connectivity index (χ0v) is 5.23. The van der Waals surface area contributed by atoms with Crippen molar-refractivity contribution in [1.29, 1.82) is 0 Å². The van der Waals surface area contributed by atoms with Crippen molar-refractivity contribution in [2.45, 2.75) is 0 Å². The number of nitrogens with two attached hydrogens (primary N) is 1. The molecule has 2 aromatic rings. The van der Waals surface area contributed by atoms with Gasteiger partial charge in [-0.2, -0.15) is 9.89 Å². The summed E-state index contributed by atoms with van der Waals surface area (Å²) in [6, 6.07) is 3.77. The van der Waals surface area contributed by atoms with Crippen molar-refractivity contribution in [1.82, 2.24) is 14.9 Å². The Morgan fingerprint density at radius 2 is 2.40 bits per heavy atom. The van der Waals surface area contributed by atoms with Crippen molar-refractivity contribution < 1.29 is 0 Å². The van der Waals surface area contributed by atoms with Crippen LogP contribution in [0.15, 0.2) is 24.5 Å². The molecule has 0 aliphatic heterocycles. The van der Waals surface area contributed by atoms with Crippen LogP contribution < -0.4 is 5.84 Å². The fourth-order valence-electron chi connectivity index (χ4n) is 0.881. The predicted octanol–water partition coefficient (Wildman–Crippen LogP) is 0.145. The summed E-state index contributed by atoms with van der Waals surface area (Å²) in [7, 11) is 0. The van der Waals surface area contributed by atoms with E-state index in [2.05, 4.69) is 10.1 Å². The first-order valence-corrected chi connectivity index (χ1v) is 2.92. The molecular weight excluding hydrogens is 128 g/mol. The van der Waals surface area contributed by atoms with Crippen LogP contribution >= 0.6 is 0 Å². The second-order valence-corrected chi connectivity index (χ2v) is 2.01. The third-order valence-corrected chi connectivity index (χ3v) is 1.36. The van der Waals surface area contributed by atoms with Crippen LogP contribution in [0.1, 0.15) is 0 Å². The van der Waals surface area contributed by atoms with Crippen molar-refractivity contribution in [3.05, 3.63) is 24.5 Å². The number of fused-ring (bicyclic) bond motifs is 1. The van der Waals surface area contributed by atoms with Crippen LogP contribution in [0.4, 0.5) is 0 Å². The van der Waals surface area contributed by atoms with Crippen LogP contribution in [-0.2, 0) is 0 Å². The maximum absolute atomic E-state index is 5.42. The highest BCUT2D eigenvalue weighted by Crippen LogP contribution is 2.05. The highest BCUT2D eigenvalue weighted by Gasteiger charge is 1.96. The summed E-state index contributed by atoms with van der Waals surface area (Å²) >= 11 is 0. The van der Waals surface area contributed by atoms with Crippen molar-refractivity contribution >= 4 is 11.0 Å². The Morgan fingerprint density at radius 3 is 3.20 bits per heavy atom. The fourth-order valence-corrected chi connectivity index (χ4v) is 0.881. The molecule has 0 spiro atoms. The zero-order valence-electron chi connectivity index (χ0n) is 5.23. The lowest BCUT2D eigenvalue weighted by Gasteiger charge is -1.89. The third-order valence-electron chi connectivity index (χ3n) is 1.36. The van der Waals surface area contributed by atoms with Gasteiger partial charge >= 0.3 is 0 Å². The van der Waals surface area contributed by atoms with E-state index in [1.54, 1.807) is 12.4 Å². The molecule has 0 atom stereocenters. The van der Waals surface area contributed by atoms with E-state index in [9.17, 15) is 0 Å². The standard InChI is InChI=1S/C6H6N4/c7-10-6-5(4-9-10)2-1-3-8-6/h1-4H,7H2. The molecule has 0 fully saturated rings. The monoisotopic (exact) mass is 134 g/mol. The molecule has 0 saturated carbocycles. The molecule has 0 unspecified atom stereocenters. The summed E-state index contributed by atoms with van der Waals surface area (Å²) in [6.45, 7) is 0. The minimum Gasteiger partial charge on any atom is -0.321 e. The molecule has 2 aromatic heterocycles. The summed E-state index contributed by atoms with van der Waals surface area (Å²) in [5, 5.41) is 4.79. The van der Waals surface area contributed by atoms with Gasteiger partial charge in [-0.1, -0.05) is 0 Å². The lowest BCUT2D eigenvalue weighted by molar-refractivity contribution is 0.850. The summed E-state index contributed by atoms with van der Waals surface area (Å²) < 4.78 is 0. The minimum absolute atomic E-state index is 0.711. The smallest absolute Gasteiger partial charge is 0.180 e. The summed E-state index contributed by atoms with van der Waals surface area (Å²) in [5.74, 6) is 5.42. The maximum Gasteiger partial charge on any atom is 0.180 e. The molecule has 4 nitrogen and oxygen atoms in total. The van der Waals surface area contributed by atoms with Crippen LogP contribution in [0.2, 0.25) is 0 Å². The largest absolute Gasteiger partial charge is 0.321 e. The molecule has 2 rings (SSSR count). The number of aromatic nitrogens is 3. The second-order valence-electron chi connectivity index (χ2n) is 2.01. The molecule has 2 heterocycles. The predicted molar refractivity (Wildman–Crippen MR) is 37.7 cm³/mol. The van der Waals surface area contributed by atoms with E-state index in [4.69, 9.17) is 5.84 Å². The first kappa shape index (κ1) is 5.22. The van der Waals surface area contributed by atoms with Crippen molar-refractivity contribution in [2.75, 3.05) is 5.84 Å². The van der Waals surface area contributed by atoms with E-state index < -0.39 is 0 Å². The molecule has 0 aliphatic carbocycles. The highest BCUT2D eigenvalue weighted by molar-refractivity contribution is 5.73. The fraction of sp³-hybridized carbons (Fsp3) is 0. The number of pyridine rings is 1. The summed E-state index contributed by atoms with van der Waals surface area (Å²) in [6.07, 6.45) is 3.37. The molecule has 0 saturated heterocycles. The maximum atomic E-state index is 5.42. The van der Waals surface area contributed by atoms with E-state index >= 15 is 0 Å². The van der Waals surface area contributed by atoms with Crippen LogP contribution in [0.5, 0.6) is 0 Å². The zero-order chi connectivity index (χ0) is 6.97. The van der Waals surface area contributed by atoms with Gasteiger partial charge in [0.1, 0.15) is 0 Å². The van der Waals surface area contributed by atoms with Crippen molar-refractivity contribution in [3.63, 3.8) is 0 Å². The van der Waals surface area contributed by atoms with Crippen LogP contribution in [0.25, 0.3) is 11.0 Å². The molecule has 10 heavy (non-hydrogen) atoms. The van der Waals surface area contributed by atoms with Gasteiger partial charge in [-0.25, -0.2) is 4.98 Å². The van der Waals surface area contributed by atoms with E-state index in [-0.39, 0.29) is 0 Å². The molecule has 0 aliphatic rings. The summed E-state index contributed by atoms with van der Waals surface area (Å²) in [5.41, 5.74) is 0.711. The van der Waals surface area contributed by atoms with Gasteiger partial charge in [-0.15, -0.1) is 0 Å². The Hall–Kier alpha value is -1.58. The van der Waals surface area contributed by atoms with Gasteiger partial charge in [-0.3, -0.25) is 0 Å². The van der Waals surface area contributed by atoms with Crippen LogP contribution in [-0.4, -0.2) is 14.9 Å². The molecule has 0 amide bonds. The van der Waals surface area contributed by atoms with Crippen molar-refractivity contribution in [3.8, 4) is 0 Å². The molecular formula is C6H6N4. The number of nitrogens with zero attached hydrogens (tertiary/aromatic N) is 3. The molecule has 0 aromatic carbocycles. The average Bonchev–Trinajstić information content (AvgIpc) is 2.34. The van der Waals surface area contributed by atoms with Gasteiger partial charge in [0.05, 0.1) is 6.20 Å². The molecule has 4 heteroatoms. The van der Waals surface area contributed by atoms with Gasteiger partial charge in [0.25, 0.3) is 0 Å². The first-order valence-electron chi connectivity index (χ1n) is 2.92. The highest BCUT2D eigenvalue weighted by atomic mass is 15.5. The average molecular weight is 134 g/mol. The molecule has 0 radical (unpaired) electrons. The van der Waals surface area contributed by atoms with E-state index in [0.717, 1.165) is 5.39 Å². The van der Waals surface area contributed by atoms with Crippen molar-refractivity contribution in [2.24, 2.45) is 0 Å². The lowest BCUT2D eigenvalue weighted by atomic mass is 10.4. The lowest BCUT2D eigenvalue weighted by Crippen LogP contribution is -2.09. The van der Waals surface area contributed by atoms with Gasteiger partial charge in [0.15, 0.2) is 5.65 Å². The molecule has 0 bridgehead atoms. The van der Waals surface area contributed by atoms with Gasteiger partial charge < -0.3 is 5.84 Å². The van der Waals surface area contributed by atoms with E-state index in [0.29, 0.717) is 5.65 Å². The Labute approximate surface area is 57.2 Å². The normalized spacial score (nSPS) is 10.4. The topological polar surface area (TPSA) is 56.7 Å². The summed E-state index contributed by atoms with van der Waals surface area (Å²) in [4.78, 5) is 5.28. The Balaban J connectivity index is 2.93. The van der Waals surface area contributed by atoms with E-state index in [1.807, 2.05) is 12.1 Å². The second kappa shape index (κ2) is 1.70. The minimum atomic E-state index is 0.711. The third kappa shape index (κ3) is 0.556. The number of rotatable bonds is 0. The van der Waals surface area contributed by atoms with E-state index in [1.165, 1.54) is 4.79 Å². The Morgan fingerprint density at radius 1 is 1.50 bits per heavy atom. The van der Waals surface area contributed by atoms with Gasteiger partial charge in [0, 0.05) is 11.6 Å². The SMILES string of the molecule is Nn1ncc2cccnc21.